The summed E-state index contributed by atoms with van der Waals surface area (Å²) in [5, 5.41) is 2.70. The molecule has 0 radical (unpaired) electrons. The highest BCUT2D eigenvalue weighted by Crippen LogP contribution is 2.27. The molecule has 0 atom stereocenters. The Morgan fingerprint density at radius 2 is 1.76 bits per heavy atom. The number of rotatable bonds is 5. The molecule has 25 heavy (non-hydrogen) atoms. The number of carbonyl (C=O) groups excluding carboxylic acids is 1. The highest BCUT2D eigenvalue weighted by molar-refractivity contribution is 7.89. The highest BCUT2D eigenvalue weighted by atomic mass is 32.2. The van der Waals surface area contributed by atoms with Gasteiger partial charge in [0.15, 0.2) is 5.76 Å². The number of hydrogen-bond acceptors (Lipinski definition) is 5. The van der Waals surface area contributed by atoms with Crippen LogP contribution in [-0.2, 0) is 14.8 Å². The zero-order valence-electron chi connectivity index (χ0n) is 15.6. The Bertz CT molecular complexity index is 710. The van der Waals surface area contributed by atoms with Gasteiger partial charge in [0.25, 0.3) is 15.9 Å². The largest absolute Gasteiger partial charge is 0.438 e. The molecule has 0 aromatic carbocycles. The second kappa shape index (κ2) is 7.09. The van der Waals surface area contributed by atoms with Crippen LogP contribution < -0.4 is 5.32 Å². The Balaban J connectivity index is 2.11. The van der Waals surface area contributed by atoms with Gasteiger partial charge in [-0.2, -0.15) is 4.31 Å². The molecular formula is C17H28N2O5S. The van der Waals surface area contributed by atoms with Crippen LogP contribution in [0.25, 0.3) is 0 Å². The van der Waals surface area contributed by atoms with Gasteiger partial charge < -0.3 is 14.5 Å². The van der Waals surface area contributed by atoms with Crippen LogP contribution in [0, 0.1) is 5.41 Å². The normalized spacial score (nSPS) is 17.5. The molecule has 0 spiro atoms. The lowest BCUT2D eigenvalue weighted by Crippen LogP contribution is -2.45. The molecule has 1 aliphatic rings. The molecule has 0 saturated carbocycles. The van der Waals surface area contributed by atoms with E-state index in [0.29, 0.717) is 13.2 Å². The van der Waals surface area contributed by atoms with Crippen LogP contribution in [0.5, 0.6) is 0 Å². The van der Waals surface area contributed by atoms with E-state index in [2.05, 4.69) is 26.1 Å². The molecule has 1 N–H and O–H groups in total. The van der Waals surface area contributed by atoms with Gasteiger partial charge in [0, 0.05) is 18.6 Å². The smallest absolute Gasteiger partial charge is 0.287 e. The Labute approximate surface area is 149 Å². The topological polar surface area (TPSA) is 88.9 Å². The van der Waals surface area contributed by atoms with Crippen LogP contribution in [0.15, 0.2) is 21.6 Å². The molecule has 1 aliphatic heterocycles. The third kappa shape index (κ3) is 5.29. The van der Waals surface area contributed by atoms with E-state index >= 15 is 0 Å². The van der Waals surface area contributed by atoms with Crippen molar-refractivity contribution in [2.45, 2.75) is 51.7 Å². The Kier molecular flexibility index (Phi) is 5.65. The number of morpholine rings is 1. The highest BCUT2D eigenvalue weighted by Gasteiger charge is 2.32. The number of nitrogens with zero attached hydrogens (tertiary/aromatic N) is 1. The predicted octanol–water partition coefficient (Wildman–Crippen LogP) is 2.25. The minimum Gasteiger partial charge on any atom is -0.438 e. The predicted molar refractivity (Wildman–Crippen MR) is 93.9 cm³/mol. The number of ether oxygens (including phenoxy) is 1. The fourth-order valence-electron chi connectivity index (χ4n) is 3.23. The Morgan fingerprint density at radius 3 is 2.32 bits per heavy atom. The zero-order chi connectivity index (χ0) is 18.9. The molecule has 2 heterocycles. The summed E-state index contributed by atoms with van der Waals surface area (Å²) in [4.78, 5) is 12.4. The van der Waals surface area contributed by atoms with Gasteiger partial charge in [0.05, 0.1) is 13.2 Å². The summed E-state index contributed by atoms with van der Waals surface area (Å²) in [7, 11) is -3.74. The summed E-state index contributed by atoms with van der Waals surface area (Å²) < 4.78 is 36.9. The molecule has 1 amide bonds. The zero-order valence-corrected chi connectivity index (χ0v) is 16.4. The van der Waals surface area contributed by atoms with Gasteiger partial charge in [-0.05, 0) is 37.8 Å². The van der Waals surface area contributed by atoms with Crippen LogP contribution in [0.4, 0.5) is 0 Å². The third-order valence-electron chi connectivity index (χ3n) is 3.79. The van der Waals surface area contributed by atoms with E-state index < -0.39 is 21.5 Å². The van der Waals surface area contributed by atoms with Crippen molar-refractivity contribution in [3.63, 3.8) is 0 Å². The van der Waals surface area contributed by atoms with E-state index in [-0.39, 0.29) is 29.4 Å². The average Bonchev–Trinajstić information content (AvgIpc) is 2.95. The van der Waals surface area contributed by atoms with Crippen molar-refractivity contribution in [3.05, 3.63) is 17.9 Å². The minimum absolute atomic E-state index is 0.00572. The van der Waals surface area contributed by atoms with E-state index in [4.69, 9.17) is 9.15 Å². The van der Waals surface area contributed by atoms with Crippen LogP contribution in [-0.4, -0.2) is 50.5 Å². The van der Waals surface area contributed by atoms with E-state index in [1.54, 1.807) is 0 Å². The first-order valence-corrected chi connectivity index (χ1v) is 9.85. The quantitative estimate of drug-likeness (QED) is 0.856. The number of amides is 1. The number of nitrogens with one attached hydrogen (secondary N) is 1. The van der Waals surface area contributed by atoms with Crippen molar-refractivity contribution in [3.8, 4) is 0 Å². The molecule has 0 bridgehead atoms. The van der Waals surface area contributed by atoms with Crippen molar-refractivity contribution in [2.75, 3.05) is 26.3 Å². The van der Waals surface area contributed by atoms with Gasteiger partial charge in [-0.25, -0.2) is 8.42 Å². The van der Waals surface area contributed by atoms with Crippen molar-refractivity contribution in [1.82, 2.24) is 9.62 Å². The second-order valence-corrected chi connectivity index (χ2v) is 10.1. The van der Waals surface area contributed by atoms with Crippen LogP contribution in [0.2, 0.25) is 0 Å². The molecule has 1 aromatic rings. The Morgan fingerprint density at radius 1 is 1.16 bits per heavy atom. The summed E-state index contributed by atoms with van der Waals surface area (Å²) >= 11 is 0. The van der Waals surface area contributed by atoms with Crippen molar-refractivity contribution < 1.29 is 22.4 Å². The number of sulfonamides is 1. The van der Waals surface area contributed by atoms with Crippen LogP contribution >= 0.6 is 0 Å². The van der Waals surface area contributed by atoms with E-state index in [1.807, 2.05) is 13.8 Å². The first-order valence-electron chi connectivity index (χ1n) is 8.41. The van der Waals surface area contributed by atoms with Gasteiger partial charge in [-0.3, -0.25) is 4.79 Å². The second-order valence-electron chi connectivity index (χ2n) is 8.21. The lowest BCUT2D eigenvalue weighted by molar-refractivity contribution is 0.0721. The summed E-state index contributed by atoms with van der Waals surface area (Å²) in [6.45, 7) is 11.4. The number of furan rings is 1. The van der Waals surface area contributed by atoms with Gasteiger partial charge in [-0.15, -0.1) is 0 Å². The van der Waals surface area contributed by atoms with Crippen LogP contribution in [0.1, 0.15) is 51.6 Å². The summed E-state index contributed by atoms with van der Waals surface area (Å²) in [6, 6.07) is 2.73. The molecule has 2 rings (SSSR count). The minimum atomic E-state index is -3.74. The van der Waals surface area contributed by atoms with Crippen molar-refractivity contribution >= 4 is 15.9 Å². The summed E-state index contributed by atoms with van der Waals surface area (Å²) in [5.41, 5.74) is -0.393. The molecule has 0 aliphatic carbocycles. The summed E-state index contributed by atoms with van der Waals surface area (Å²) in [5.74, 6) is -0.425. The first kappa shape index (κ1) is 19.9. The average molecular weight is 372 g/mol. The van der Waals surface area contributed by atoms with Crippen molar-refractivity contribution in [2.24, 2.45) is 5.41 Å². The molecule has 1 aromatic heterocycles. The fraction of sp³-hybridized carbons (Fsp3) is 0.706. The maximum Gasteiger partial charge on any atom is 0.287 e. The third-order valence-corrected chi connectivity index (χ3v) is 5.57. The molecule has 1 saturated heterocycles. The van der Waals surface area contributed by atoms with E-state index in [9.17, 15) is 13.2 Å². The van der Waals surface area contributed by atoms with Gasteiger partial charge >= 0.3 is 0 Å². The summed E-state index contributed by atoms with van der Waals surface area (Å²) in [6.07, 6.45) is 0.769. The van der Waals surface area contributed by atoms with E-state index in [1.165, 1.54) is 16.4 Å². The Hall–Kier alpha value is -1.38. The van der Waals surface area contributed by atoms with Gasteiger partial charge in [0.1, 0.15) is 0 Å². The standard InChI is InChI=1S/C17H28N2O5S/c1-16(2,3)12-17(4,5)18-15(20)13-6-7-14(24-13)25(21,22)19-8-10-23-11-9-19/h6-7H,8-12H2,1-5H3,(H,18,20). The van der Waals surface area contributed by atoms with Gasteiger partial charge in [-0.1, -0.05) is 20.8 Å². The number of hydrogen-bond donors (Lipinski definition) is 1. The molecule has 1 fully saturated rings. The lowest BCUT2D eigenvalue weighted by Gasteiger charge is -2.33. The van der Waals surface area contributed by atoms with Crippen LogP contribution in [0.3, 0.4) is 0 Å². The monoisotopic (exact) mass is 372 g/mol. The fourth-order valence-corrected chi connectivity index (χ4v) is 4.55. The molecule has 8 heteroatoms. The molecule has 7 nitrogen and oxygen atoms in total. The number of carbonyl (C=O) groups is 1. The van der Waals surface area contributed by atoms with E-state index in [0.717, 1.165) is 6.42 Å². The maximum atomic E-state index is 12.5. The molecule has 142 valence electrons. The molecule has 0 unspecified atom stereocenters. The van der Waals surface area contributed by atoms with Gasteiger partial charge in [0.2, 0.25) is 5.09 Å². The van der Waals surface area contributed by atoms with Crippen molar-refractivity contribution in [1.29, 1.82) is 0 Å². The first-order chi connectivity index (χ1) is 11.4. The molecular weight excluding hydrogens is 344 g/mol. The maximum absolute atomic E-state index is 12.5. The SMILES string of the molecule is CC(C)(C)CC(C)(C)NC(=O)c1ccc(S(=O)(=O)N2CCOCC2)o1. The lowest BCUT2D eigenvalue weighted by atomic mass is 9.82.